The van der Waals surface area contributed by atoms with Crippen molar-refractivity contribution in [3.63, 3.8) is 0 Å². The highest BCUT2D eigenvalue weighted by Gasteiger charge is 2.62. The van der Waals surface area contributed by atoms with Gasteiger partial charge in [-0.15, -0.1) is 0 Å². The van der Waals surface area contributed by atoms with Gasteiger partial charge in [-0.2, -0.15) is 8.78 Å². The van der Waals surface area contributed by atoms with E-state index in [2.05, 4.69) is 0 Å². The maximum atomic E-state index is 14.3. The molecule has 1 N–H and O–H groups in total. The molecule has 2 aliphatic rings. The number of nitrogens with zero attached hydrogens (tertiary/aromatic N) is 1. The fourth-order valence-electron chi connectivity index (χ4n) is 3.10. The van der Waals surface area contributed by atoms with E-state index in [9.17, 15) is 18.7 Å². The zero-order valence-electron chi connectivity index (χ0n) is 11.8. The van der Waals surface area contributed by atoms with E-state index in [4.69, 9.17) is 0 Å². The zero-order chi connectivity index (χ0) is 15.1. The van der Waals surface area contributed by atoms with Crippen molar-refractivity contribution in [2.45, 2.75) is 50.2 Å². The number of hydrogen-bond acceptors (Lipinski definition) is 2. The second-order valence-corrected chi connectivity index (χ2v) is 6.06. The summed E-state index contributed by atoms with van der Waals surface area (Å²) in [5.74, 6) is -4.92. The fraction of sp³-hybridized carbons (Fsp3) is 0.562. The van der Waals surface area contributed by atoms with Gasteiger partial charge in [-0.05, 0) is 43.2 Å². The number of fused-ring (bicyclic) bond motifs is 1. The van der Waals surface area contributed by atoms with Crippen molar-refractivity contribution in [3.8, 4) is 0 Å². The lowest BCUT2D eigenvalue weighted by molar-refractivity contribution is -0.223. The minimum Gasteiger partial charge on any atom is -0.383 e. The van der Waals surface area contributed by atoms with E-state index < -0.39 is 17.4 Å². The highest BCUT2D eigenvalue weighted by Crippen LogP contribution is 2.45. The molecule has 3 rings (SSSR count). The second-order valence-electron chi connectivity index (χ2n) is 6.06. The van der Waals surface area contributed by atoms with Gasteiger partial charge >= 0.3 is 5.92 Å². The molecule has 1 aliphatic heterocycles. The van der Waals surface area contributed by atoms with Crippen LogP contribution in [0.25, 0.3) is 0 Å². The largest absolute Gasteiger partial charge is 0.383 e. The normalized spacial score (nSPS) is 21.2. The van der Waals surface area contributed by atoms with Crippen LogP contribution in [0.4, 0.5) is 8.78 Å². The summed E-state index contributed by atoms with van der Waals surface area (Å²) in [6, 6.07) is 7.62. The van der Waals surface area contributed by atoms with Gasteiger partial charge in [0.25, 0.3) is 5.91 Å². The van der Waals surface area contributed by atoms with Crippen molar-refractivity contribution < 1.29 is 18.7 Å². The van der Waals surface area contributed by atoms with Crippen molar-refractivity contribution in [1.82, 2.24) is 4.90 Å². The molecule has 0 bridgehead atoms. The van der Waals surface area contributed by atoms with Crippen LogP contribution in [0.1, 0.15) is 36.8 Å². The molecule has 1 aromatic rings. The van der Waals surface area contributed by atoms with Gasteiger partial charge in [0, 0.05) is 13.1 Å². The van der Waals surface area contributed by atoms with Gasteiger partial charge in [-0.3, -0.25) is 4.79 Å². The summed E-state index contributed by atoms with van der Waals surface area (Å²) in [5.41, 5.74) is -0.117. The molecule has 0 spiro atoms. The van der Waals surface area contributed by atoms with E-state index in [1.54, 1.807) is 0 Å². The van der Waals surface area contributed by atoms with Gasteiger partial charge in [0.1, 0.15) is 5.60 Å². The third kappa shape index (κ3) is 2.33. The number of hydrogen-bond donors (Lipinski definition) is 1. The third-order valence-electron chi connectivity index (χ3n) is 4.67. The monoisotopic (exact) mass is 295 g/mol. The maximum absolute atomic E-state index is 14.3. The molecule has 1 saturated carbocycles. The Kier molecular flexibility index (Phi) is 3.48. The van der Waals surface area contributed by atoms with Gasteiger partial charge in [0.15, 0.2) is 0 Å². The zero-order valence-corrected chi connectivity index (χ0v) is 11.8. The molecule has 0 radical (unpaired) electrons. The van der Waals surface area contributed by atoms with Gasteiger partial charge in [0.2, 0.25) is 0 Å². The number of rotatable bonds is 2. The summed E-state index contributed by atoms with van der Waals surface area (Å²) in [5, 5.41) is 9.91. The quantitative estimate of drug-likeness (QED) is 0.911. The van der Waals surface area contributed by atoms with Crippen LogP contribution in [0.5, 0.6) is 0 Å². The first kappa shape index (κ1) is 14.4. The summed E-state index contributed by atoms with van der Waals surface area (Å²) < 4.78 is 28.6. The number of amides is 1. The van der Waals surface area contributed by atoms with Crippen molar-refractivity contribution in [3.05, 3.63) is 35.4 Å². The summed E-state index contributed by atoms with van der Waals surface area (Å²) in [7, 11) is 0. The molecule has 1 fully saturated rings. The first-order valence-corrected chi connectivity index (χ1v) is 7.40. The summed E-state index contributed by atoms with van der Waals surface area (Å²) in [6.45, 7) is 0.500. The molecule has 1 aliphatic carbocycles. The number of aliphatic hydroxyl groups is 1. The lowest BCUT2D eigenvalue weighted by Crippen LogP contribution is -2.61. The van der Waals surface area contributed by atoms with Crippen molar-refractivity contribution in [2.75, 3.05) is 6.54 Å². The third-order valence-corrected chi connectivity index (χ3v) is 4.67. The van der Waals surface area contributed by atoms with Crippen LogP contribution in [0.2, 0.25) is 0 Å². The lowest BCUT2D eigenvalue weighted by atomic mass is 9.75. The number of carbonyl (C=O) groups excluding carboxylic acids is 1. The van der Waals surface area contributed by atoms with Crippen LogP contribution in [0.15, 0.2) is 24.3 Å². The molecular formula is C16H19F2NO2. The number of aryl methyl sites for hydroxylation is 1. The molecule has 5 heteroatoms. The Labute approximate surface area is 122 Å². The number of benzene rings is 1. The van der Waals surface area contributed by atoms with E-state index in [0.717, 1.165) is 17.5 Å². The van der Waals surface area contributed by atoms with Crippen LogP contribution < -0.4 is 0 Å². The van der Waals surface area contributed by atoms with Crippen LogP contribution in [-0.4, -0.2) is 34.0 Å². The predicted octanol–water partition coefficient (Wildman–Crippen LogP) is 2.51. The molecule has 1 heterocycles. The molecule has 3 nitrogen and oxygen atoms in total. The van der Waals surface area contributed by atoms with Gasteiger partial charge in [0.05, 0.1) is 0 Å². The molecule has 0 unspecified atom stereocenters. The van der Waals surface area contributed by atoms with E-state index in [1.807, 2.05) is 24.3 Å². The molecular weight excluding hydrogens is 276 g/mol. The van der Waals surface area contributed by atoms with E-state index in [1.165, 1.54) is 4.90 Å². The number of halogens is 2. The predicted molar refractivity (Wildman–Crippen MR) is 73.9 cm³/mol. The SMILES string of the molecule is O=C(N1CCCc2ccccc2C1)C(F)(F)C1(O)CCC1. The van der Waals surface area contributed by atoms with E-state index in [0.29, 0.717) is 19.4 Å². The Balaban J connectivity index is 1.82. The number of alkyl halides is 2. The molecule has 0 atom stereocenters. The van der Waals surface area contributed by atoms with E-state index in [-0.39, 0.29) is 19.4 Å². The first-order chi connectivity index (χ1) is 9.94. The standard InChI is InChI=1S/C16H19F2NO2/c17-16(18,15(21)8-4-9-15)14(20)19-10-3-7-12-5-1-2-6-13(12)11-19/h1-2,5-6,21H,3-4,7-11H2. The van der Waals surface area contributed by atoms with Crippen LogP contribution in [0, 0.1) is 0 Å². The highest BCUT2D eigenvalue weighted by molar-refractivity contribution is 5.85. The molecule has 114 valence electrons. The Morgan fingerprint density at radius 2 is 1.86 bits per heavy atom. The van der Waals surface area contributed by atoms with E-state index >= 15 is 0 Å². The summed E-state index contributed by atoms with van der Waals surface area (Å²) in [6.07, 6.45) is 1.99. The van der Waals surface area contributed by atoms with Gasteiger partial charge in [-0.25, -0.2) is 0 Å². The molecule has 0 aromatic heterocycles. The Morgan fingerprint density at radius 3 is 2.48 bits per heavy atom. The van der Waals surface area contributed by atoms with Gasteiger partial charge in [-0.1, -0.05) is 24.3 Å². The van der Waals surface area contributed by atoms with Gasteiger partial charge < -0.3 is 10.0 Å². The average molecular weight is 295 g/mol. The van der Waals surface area contributed by atoms with Crippen LogP contribution in [-0.2, 0) is 17.8 Å². The average Bonchev–Trinajstić information content (AvgIpc) is 2.65. The summed E-state index contributed by atoms with van der Waals surface area (Å²) in [4.78, 5) is 13.4. The van der Waals surface area contributed by atoms with Crippen molar-refractivity contribution in [1.29, 1.82) is 0 Å². The topological polar surface area (TPSA) is 40.5 Å². The van der Waals surface area contributed by atoms with Crippen molar-refractivity contribution >= 4 is 5.91 Å². The smallest absolute Gasteiger partial charge is 0.352 e. The minimum atomic E-state index is -3.69. The minimum absolute atomic E-state index is 0.00380. The summed E-state index contributed by atoms with van der Waals surface area (Å²) >= 11 is 0. The number of carbonyl (C=O) groups is 1. The Bertz CT molecular complexity index is 555. The van der Waals surface area contributed by atoms with Crippen molar-refractivity contribution in [2.24, 2.45) is 0 Å². The van der Waals surface area contributed by atoms with Crippen LogP contribution >= 0.6 is 0 Å². The Hall–Kier alpha value is -1.49. The Morgan fingerprint density at radius 1 is 1.19 bits per heavy atom. The molecule has 21 heavy (non-hydrogen) atoms. The highest BCUT2D eigenvalue weighted by atomic mass is 19.3. The first-order valence-electron chi connectivity index (χ1n) is 7.40. The lowest BCUT2D eigenvalue weighted by Gasteiger charge is -2.43. The molecule has 0 saturated heterocycles. The maximum Gasteiger partial charge on any atom is 0.352 e. The molecule has 1 amide bonds. The second kappa shape index (κ2) is 5.05. The fourth-order valence-corrected chi connectivity index (χ4v) is 3.10. The van der Waals surface area contributed by atoms with Crippen LogP contribution in [0.3, 0.4) is 0 Å². The molecule has 1 aromatic carbocycles.